The van der Waals surface area contributed by atoms with Crippen LogP contribution < -0.4 is 10.6 Å². The average molecular weight is 288 g/mol. The van der Waals surface area contributed by atoms with E-state index in [1.165, 1.54) is 37.7 Å². The Morgan fingerprint density at radius 1 is 1.29 bits per heavy atom. The smallest absolute Gasteiger partial charge is 0.251 e. The Bertz CT molecular complexity index is 496. The zero-order chi connectivity index (χ0) is 14.5. The highest BCUT2D eigenvalue weighted by Crippen LogP contribution is 2.23. The number of amides is 1. The van der Waals surface area contributed by atoms with Gasteiger partial charge in [0.25, 0.3) is 5.91 Å². The molecule has 114 valence electrons. The van der Waals surface area contributed by atoms with Crippen molar-refractivity contribution in [3.05, 3.63) is 29.3 Å². The molecule has 1 aliphatic heterocycles. The molecule has 4 heteroatoms. The minimum atomic E-state index is -0.0151. The van der Waals surface area contributed by atoms with Crippen LogP contribution in [0.4, 0.5) is 5.69 Å². The Morgan fingerprint density at radius 3 is 3.00 bits per heavy atom. The summed E-state index contributed by atoms with van der Waals surface area (Å²) in [5.41, 5.74) is 3.12. The molecule has 1 heterocycles. The summed E-state index contributed by atoms with van der Waals surface area (Å²) in [5, 5.41) is 6.24. The number of ether oxygens (including phenoxy) is 1. The summed E-state index contributed by atoms with van der Waals surface area (Å²) in [6.07, 6.45) is 7.68. The number of carbonyl (C=O) groups is 1. The monoisotopic (exact) mass is 288 g/mol. The Balaban J connectivity index is 1.41. The van der Waals surface area contributed by atoms with Crippen molar-refractivity contribution in [3.63, 3.8) is 0 Å². The molecule has 1 aromatic carbocycles. The van der Waals surface area contributed by atoms with Gasteiger partial charge in [0, 0.05) is 24.3 Å². The largest absolute Gasteiger partial charge is 0.384 e. The fourth-order valence-electron chi connectivity index (χ4n) is 3.16. The third-order valence-electron chi connectivity index (χ3n) is 4.38. The molecule has 0 unspecified atom stereocenters. The van der Waals surface area contributed by atoms with Gasteiger partial charge in [-0.2, -0.15) is 0 Å². The van der Waals surface area contributed by atoms with Gasteiger partial charge in [-0.1, -0.05) is 25.3 Å². The summed E-state index contributed by atoms with van der Waals surface area (Å²) in [5.74, 6) is -0.0151. The van der Waals surface area contributed by atoms with Crippen LogP contribution in [-0.2, 0) is 11.2 Å². The van der Waals surface area contributed by atoms with Gasteiger partial charge in [-0.05, 0) is 37.0 Å². The lowest BCUT2D eigenvalue weighted by Crippen LogP contribution is -2.29. The van der Waals surface area contributed by atoms with Crippen molar-refractivity contribution in [1.29, 1.82) is 0 Å². The third kappa shape index (κ3) is 3.76. The fourth-order valence-corrected chi connectivity index (χ4v) is 3.16. The van der Waals surface area contributed by atoms with Gasteiger partial charge in [-0.3, -0.25) is 4.79 Å². The summed E-state index contributed by atoms with van der Waals surface area (Å²) in [6.45, 7) is 2.16. The van der Waals surface area contributed by atoms with Crippen molar-refractivity contribution in [2.24, 2.45) is 0 Å². The standard InChI is InChI=1S/C17H24N2O2/c20-17(14-7-6-13-8-9-18-16(13)12-14)19-10-11-21-15-4-2-1-3-5-15/h6-7,12,15,18H,1-5,8-11H2,(H,19,20). The zero-order valence-electron chi connectivity index (χ0n) is 12.5. The van der Waals surface area contributed by atoms with Gasteiger partial charge >= 0.3 is 0 Å². The van der Waals surface area contributed by atoms with E-state index < -0.39 is 0 Å². The molecule has 0 atom stereocenters. The van der Waals surface area contributed by atoms with Crippen LogP contribution in [0.1, 0.15) is 48.0 Å². The Labute approximate surface area is 126 Å². The predicted octanol–water partition coefficient (Wildman–Crippen LogP) is 2.73. The molecule has 1 amide bonds. The van der Waals surface area contributed by atoms with Crippen LogP contribution in [0.15, 0.2) is 18.2 Å². The van der Waals surface area contributed by atoms with Gasteiger partial charge in [0.15, 0.2) is 0 Å². The molecule has 21 heavy (non-hydrogen) atoms. The predicted molar refractivity (Wildman–Crippen MR) is 83.8 cm³/mol. The maximum absolute atomic E-state index is 12.1. The van der Waals surface area contributed by atoms with E-state index in [0.29, 0.717) is 19.3 Å². The second-order valence-electron chi connectivity index (χ2n) is 5.94. The van der Waals surface area contributed by atoms with Gasteiger partial charge in [0.2, 0.25) is 0 Å². The van der Waals surface area contributed by atoms with Crippen molar-refractivity contribution in [2.75, 3.05) is 25.0 Å². The SMILES string of the molecule is O=C(NCCOC1CCCCC1)c1ccc2c(c1)NCC2. The first-order valence-corrected chi connectivity index (χ1v) is 8.09. The molecule has 1 aliphatic carbocycles. The number of hydrogen-bond acceptors (Lipinski definition) is 3. The number of fused-ring (bicyclic) bond motifs is 1. The molecule has 0 aromatic heterocycles. The highest BCUT2D eigenvalue weighted by Gasteiger charge is 2.15. The summed E-state index contributed by atoms with van der Waals surface area (Å²) < 4.78 is 5.82. The number of anilines is 1. The molecule has 0 saturated heterocycles. The minimum absolute atomic E-state index is 0.0151. The minimum Gasteiger partial charge on any atom is -0.384 e. The van der Waals surface area contributed by atoms with Crippen LogP contribution in [0.2, 0.25) is 0 Å². The first kappa shape index (κ1) is 14.4. The van der Waals surface area contributed by atoms with E-state index in [1.807, 2.05) is 18.2 Å². The topological polar surface area (TPSA) is 50.4 Å². The number of benzene rings is 1. The van der Waals surface area contributed by atoms with Crippen LogP contribution in [0.5, 0.6) is 0 Å². The summed E-state index contributed by atoms with van der Waals surface area (Å²) in [7, 11) is 0. The molecule has 0 spiro atoms. The number of hydrogen-bond donors (Lipinski definition) is 2. The summed E-state index contributed by atoms with van der Waals surface area (Å²) >= 11 is 0. The van der Waals surface area contributed by atoms with Crippen molar-refractivity contribution < 1.29 is 9.53 Å². The van der Waals surface area contributed by atoms with E-state index in [9.17, 15) is 4.79 Å². The lowest BCUT2D eigenvalue weighted by molar-refractivity contribution is 0.0299. The van der Waals surface area contributed by atoms with E-state index in [4.69, 9.17) is 4.74 Å². The quantitative estimate of drug-likeness (QED) is 0.819. The molecule has 0 radical (unpaired) electrons. The molecule has 0 bridgehead atoms. The maximum atomic E-state index is 12.1. The lowest BCUT2D eigenvalue weighted by atomic mass is 9.98. The van der Waals surface area contributed by atoms with E-state index in [0.717, 1.165) is 24.2 Å². The molecule has 1 saturated carbocycles. The van der Waals surface area contributed by atoms with Gasteiger partial charge in [0.1, 0.15) is 0 Å². The van der Waals surface area contributed by atoms with Crippen molar-refractivity contribution in [2.45, 2.75) is 44.6 Å². The average Bonchev–Trinajstić information content (AvgIpc) is 3.00. The van der Waals surface area contributed by atoms with Crippen LogP contribution in [0, 0.1) is 0 Å². The molecule has 1 fully saturated rings. The second kappa shape index (κ2) is 6.94. The summed E-state index contributed by atoms with van der Waals surface area (Å²) in [6, 6.07) is 5.89. The Hall–Kier alpha value is -1.55. The first-order valence-electron chi connectivity index (χ1n) is 8.09. The van der Waals surface area contributed by atoms with Gasteiger partial charge in [-0.15, -0.1) is 0 Å². The fraction of sp³-hybridized carbons (Fsp3) is 0.588. The van der Waals surface area contributed by atoms with Crippen LogP contribution in [0.25, 0.3) is 0 Å². The van der Waals surface area contributed by atoms with Crippen molar-refractivity contribution in [3.8, 4) is 0 Å². The van der Waals surface area contributed by atoms with Crippen LogP contribution >= 0.6 is 0 Å². The zero-order valence-corrected chi connectivity index (χ0v) is 12.5. The van der Waals surface area contributed by atoms with E-state index in [2.05, 4.69) is 10.6 Å². The Kier molecular flexibility index (Phi) is 4.76. The van der Waals surface area contributed by atoms with Gasteiger partial charge in [0.05, 0.1) is 12.7 Å². The first-order chi connectivity index (χ1) is 10.3. The second-order valence-corrected chi connectivity index (χ2v) is 5.94. The van der Waals surface area contributed by atoms with E-state index in [1.54, 1.807) is 0 Å². The molecule has 3 rings (SSSR count). The number of rotatable bonds is 5. The highest BCUT2D eigenvalue weighted by atomic mass is 16.5. The van der Waals surface area contributed by atoms with E-state index in [-0.39, 0.29) is 5.91 Å². The van der Waals surface area contributed by atoms with Crippen LogP contribution in [0.3, 0.4) is 0 Å². The summed E-state index contributed by atoms with van der Waals surface area (Å²) in [4.78, 5) is 12.1. The number of nitrogens with one attached hydrogen (secondary N) is 2. The molecule has 2 aliphatic rings. The van der Waals surface area contributed by atoms with Gasteiger partial charge in [-0.25, -0.2) is 0 Å². The number of carbonyl (C=O) groups excluding carboxylic acids is 1. The normalized spacial score (nSPS) is 18.1. The molecule has 2 N–H and O–H groups in total. The molecule has 4 nitrogen and oxygen atoms in total. The molecular formula is C17H24N2O2. The highest BCUT2D eigenvalue weighted by molar-refractivity contribution is 5.95. The van der Waals surface area contributed by atoms with Crippen molar-refractivity contribution in [1.82, 2.24) is 5.32 Å². The van der Waals surface area contributed by atoms with Crippen LogP contribution in [-0.4, -0.2) is 31.7 Å². The lowest BCUT2D eigenvalue weighted by Gasteiger charge is -2.22. The molecular weight excluding hydrogens is 264 g/mol. The third-order valence-corrected chi connectivity index (χ3v) is 4.38. The van der Waals surface area contributed by atoms with Crippen molar-refractivity contribution >= 4 is 11.6 Å². The van der Waals surface area contributed by atoms with E-state index >= 15 is 0 Å². The Morgan fingerprint density at radius 2 is 2.14 bits per heavy atom. The molecule has 1 aromatic rings. The van der Waals surface area contributed by atoms with Gasteiger partial charge < -0.3 is 15.4 Å². The maximum Gasteiger partial charge on any atom is 0.251 e.